The molecular formula is C18H32O7. The van der Waals surface area contributed by atoms with Gasteiger partial charge < -0.3 is 34.3 Å². The lowest BCUT2D eigenvalue weighted by atomic mass is 9.89. The molecule has 0 heterocycles. The fourth-order valence-corrected chi connectivity index (χ4v) is 2.17. The van der Waals surface area contributed by atoms with Gasteiger partial charge in [-0.15, -0.1) is 0 Å². The van der Waals surface area contributed by atoms with Gasteiger partial charge >= 0.3 is 0 Å². The minimum atomic E-state index is -1.12. The predicted octanol–water partition coefficient (Wildman–Crippen LogP) is 1.36. The average molecular weight is 360 g/mol. The van der Waals surface area contributed by atoms with E-state index in [1.165, 1.54) is 18.8 Å². The molecule has 0 saturated carbocycles. The quantitative estimate of drug-likeness (QED) is 0.251. The van der Waals surface area contributed by atoms with Crippen LogP contribution in [0.3, 0.4) is 0 Å². The number of ether oxygens (including phenoxy) is 4. The summed E-state index contributed by atoms with van der Waals surface area (Å²) in [6, 6.07) is 0. The van der Waals surface area contributed by atoms with E-state index in [-0.39, 0.29) is 6.61 Å². The Balaban J connectivity index is 5.17. The molecule has 0 aliphatic rings. The van der Waals surface area contributed by atoms with Crippen molar-refractivity contribution in [1.29, 1.82) is 0 Å². The van der Waals surface area contributed by atoms with E-state index in [1.807, 2.05) is 0 Å². The number of rotatable bonds is 18. The van der Waals surface area contributed by atoms with Gasteiger partial charge in [0.15, 0.2) is 0 Å². The molecule has 0 unspecified atom stereocenters. The molecule has 0 fully saturated rings. The summed E-state index contributed by atoms with van der Waals surface area (Å²) in [6.45, 7) is 10.5. The molecule has 0 atom stereocenters. The maximum Gasteiger partial charge on any atom is 0.0900 e. The summed E-state index contributed by atoms with van der Waals surface area (Å²) in [5, 5.41) is 28.5. The summed E-state index contributed by atoms with van der Waals surface area (Å²) >= 11 is 0. The minimum Gasteiger partial charge on any atom is -0.502 e. The minimum absolute atomic E-state index is 0.0211. The number of hydrogen-bond acceptors (Lipinski definition) is 7. The summed E-state index contributed by atoms with van der Waals surface area (Å²) in [5.74, 6) is 0. The van der Waals surface area contributed by atoms with Crippen molar-refractivity contribution in [3.63, 3.8) is 0 Å². The maximum atomic E-state index is 9.50. The van der Waals surface area contributed by atoms with Gasteiger partial charge in [-0.3, -0.25) is 0 Å². The van der Waals surface area contributed by atoms with E-state index in [2.05, 4.69) is 19.7 Å². The Morgan fingerprint density at radius 1 is 0.680 bits per heavy atom. The van der Waals surface area contributed by atoms with Crippen molar-refractivity contribution in [2.75, 3.05) is 46.2 Å². The molecule has 0 saturated heterocycles. The van der Waals surface area contributed by atoms with Gasteiger partial charge in [0.05, 0.1) is 76.1 Å². The fourth-order valence-electron chi connectivity index (χ4n) is 2.17. The van der Waals surface area contributed by atoms with Crippen molar-refractivity contribution in [1.82, 2.24) is 0 Å². The Hall–Kier alpha value is -1.54. The van der Waals surface area contributed by atoms with Gasteiger partial charge in [0.2, 0.25) is 0 Å². The Labute approximate surface area is 150 Å². The molecule has 0 amide bonds. The van der Waals surface area contributed by atoms with Crippen molar-refractivity contribution in [2.45, 2.75) is 24.9 Å². The standard InChI is InChI=1S/C18H32O7/c1-4-22-10-7-18(8-11-23-5-2,9-12-24-6-3)25-16-17(13-19,14-20)15-21/h4-6,19-21H,1-3,7-16H2. The highest BCUT2D eigenvalue weighted by atomic mass is 16.5. The zero-order valence-electron chi connectivity index (χ0n) is 14.9. The highest BCUT2D eigenvalue weighted by molar-refractivity contribution is 4.85. The normalized spacial score (nSPS) is 11.6. The molecule has 0 aromatic heterocycles. The van der Waals surface area contributed by atoms with Gasteiger partial charge in [-0.05, 0) is 0 Å². The maximum absolute atomic E-state index is 9.50. The molecule has 7 nitrogen and oxygen atoms in total. The molecule has 0 radical (unpaired) electrons. The summed E-state index contributed by atoms with van der Waals surface area (Å²) in [4.78, 5) is 0. The molecule has 0 aliphatic carbocycles. The molecule has 0 aromatic rings. The van der Waals surface area contributed by atoms with Crippen molar-refractivity contribution < 1.29 is 34.3 Å². The lowest BCUT2D eigenvalue weighted by molar-refractivity contribution is -0.142. The van der Waals surface area contributed by atoms with Gasteiger partial charge in [0.1, 0.15) is 0 Å². The lowest BCUT2D eigenvalue weighted by Crippen LogP contribution is -2.45. The van der Waals surface area contributed by atoms with Crippen LogP contribution in [0.15, 0.2) is 38.5 Å². The number of aliphatic hydroxyl groups is 3. The van der Waals surface area contributed by atoms with E-state index < -0.39 is 30.8 Å². The summed E-state index contributed by atoms with van der Waals surface area (Å²) in [7, 11) is 0. The number of hydrogen-bond donors (Lipinski definition) is 3. The van der Waals surface area contributed by atoms with Crippen LogP contribution in [0.1, 0.15) is 19.3 Å². The zero-order chi connectivity index (χ0) is 19.0. The van der Waals surface area contributed by atoms with E-state index in [0.717, 1.165) is 0 Å². The van der Waals surface area contributed by atoms with Gasteiger partial charge in [-0.2, -0.15) is 0 Å². The van der Waals surface area contributed by atoms with Crippen molar-refractivity contribution in [3.05, 3.63) is 38.5 Å². The van der Waals surface area contributed by atoms with Crippen LogP contribution in [0.5, 0.6) is 0 Å². The first-order chi connectivity index (χ1) is 12.1. The first kappa shape index (κ1) is 23.5. The van der Waals surface area contributed by atoms with Gasteiger partial charge in [0.25, 0.3) is 0 Å². The topological polar surface area (TPSA) is 97.6 Å². The Morgan fingerprint density at radius 2 is 1.04 bits per heavy atom. The molecule has 7 heteroatoms. The van der Waals surface area contributed by atoms with Crippen molar-refractivity contribution >= 4 is 0 Å². The van der Waals surface area contributed by atoms with Gasteiger partial charge in [0, 0.05) is 19.3 Å². The van der Waals surface area contributed by atoms with E-state index >= 15 is 0 Å². The van der Waals surface area contributed by atoms with Crippen LogP contribution in [0, 0.1) is 5.41 Å². The molecule has 0 rings (SSSR count). The number of aliphatic hydroxyl groups excluding tert-OH is 3. The first-order valence-electron chi connectivity index (χ1n) is 8.21. The highest BCUT2D eigenvalue weighted by Crippen LogP contribution is 2.29. The fraction of sp³-hybridized carbons (Fsp3) is 0.667. The molecular weight excluding hydrogens is 328 g/mol. The van der Waals surface area contributed by atoms with E-state index in [0.29, 0.717) is 39.1 Å². The smallest absolute Gasteiger partial charge is 0.0900 e. The second-order valence-corrected chi connectivity index (χ2v) is 5.81. The van der Waals surface area contributed by atoms with Crippen LogP contribution in [0.4, 0.5) is 0 Å². The van der Waals surface area contributed by atoms with E-state index in [9.17, 15) is 15.3 Å². The Bertz CT molecular complexity index is 322. The third-order valence-electron chi connectivity index (χ3n) is 4.07. The van der Waals surface area contributed by atoms with Crippen molar-refractivity contribution in [2.24, 2.45) is 5.41 Å². The molecule has 25 heavy (non-hydrogen) atoms. The van der Waals surface area contributed by atoms with Gasteiger partial charge in [-0.1, -0.05) is 19.7 Å². The molecule has 0 aromatic carbocycles. The first-order valence-corrected chi connectivity index (χ1v) is 8.21. The van der Waals surface area contributed by atoms with Gasteiger partial charge in [-0.25, -0.2) is 0 Å². The Kier molecular flexibility index (Phi) is 12.9. The van der Waals surface area contributed by atoms with Crippen LogP contribution in [0.2, 0.25) is 0 Å². The summed E-state index contributed by atoms with van der Waals surface area (Å²) < 4.78 is 21.8. The molecule has 0 aliphatic heterocycles. The third kappa shape index (κ3) is 8.92. The van der Waals surface area contributed by atoms with E-state index in [4.69, 9.17) is 18.9 Å². The second-order valence-electron chi connectivity index (χ2n) is 5.81. The van der Waals surface area contributed by atoms with Crippen LogP contribution in [-0.2, 0) is 18.9 Å². The predicted molar refractivity (Wildman–Crippen MR) is 94.7 cm³/mol. The highest BCUT2D eigenvalue weighted by Gasteiger charge is 2.36. The molecule has 3 N–H and O–H groups in total. The average Bonchev–Trinajstić information content (AvgIpc) is 2.64. The van der Waals surface area contributed by atoms with Crippen LogP contribution >= 0.6 is 0 Å². The van der Waals surface area contributed by atoms with Crippen molar-refractivity contribution in [3.8, 4) is 0 Å². The molecule has 0 spiro atoms. The van der Waals surface area contributed by atoms with Crippen LogP contribution in [-0.4, -0.2) is 67.2 Å². The molecule has 0 bridgehead atoms. The van der Waals surface area contributed by atoms with Crippen LogP contribution < -0.4 is 0 Å². The van der Waals surface area contributed by atoms with Crippen LogP contribution in [0.25, 0.3) is 0 Å². The SMILES string of the molecule is C=COCCC(CCOC=C)(CCOC=C)OCC(CO)(CO)CO. The third-order valence-corrected chi connectivity index (χ3v) is 4.07. The summed E-state index contributed by atoms with van der Waals surface area (Å²) in [6.07, 6.45) is 5.59. The largest absolute Gasteiger partial charge is 0.502 e. The lowest BCUT2D eigenvalue weighted by Gasteiger charge is -2.38. The van der Waals surface area contributed by atoms with E-state index in [1.54, 1.807) is 0 Å². The Morgan fingerprint density at radius 3 is 1.32 bits per heavy atom. The monoisotopic (exact) mass is 360 g/mol. The summed E-state index contributed by atoms with van der Waals surface area (Å²) in [5.41, 5.74) is -1.82. The second kappa shape index (κ2) is 13.7. The molecule has 146 valence electrons. The zero-order valence-corrected chi connectivity index (χ0v) is 14.9.